The van der Waals surface area contributed by atoms with Gasteiger partial charge in [0.05, 0.1) is 24.1 Å². The minimum absolute atomic E-state index is 0.0712. The van der Waals surface area contributed by atoms with E-state index in [0.717, 1.165) is 0 Å². The van der Waals surface area contributed by atoms with Gasteiger partial charge in [-0.05, 0) is 24.3 Å². The first-order valence-electron chi connectivity index (χ1n) is 7.59. The molecule has 0 saturated heterocycles. The van der Waals surface area contributed by atoms with Crippen LogP contribution in [-0.2, 0) is 14.4 Å². The molecule has 3 rings (SSSR count). The van der Waals surface area contributed by atoms with Crippen LogP contribution in [0.3, 0.4) is 0 Å². The zero-order valence-electron chi connectivity index (χ0n) is 13.4. The third-order valence-electron chi connectivity index (χ3n) is 3.77. The van der Waals surface area contributed by atoms with E-state index >= 15 is 0 Å². The normalized spacial score (nSPS) is 15.9. The molecular weight excluding hydrogens is 324 g/mol. The highest BCUT2D eigenvalue weighted by Crippen LogP contribution is 2.24. The van der Waals surface area contributed by atoms with E-state index in [4.69, 9.17) is 9.57 Å². The fourth-order valence-corrected chi connectivity index (χ4v) is 2.49. The number of esters is 1. The summed E-state index contributed by atoms with van der Waals surface area (Å²) in [5, 5.41) is 16.4. The van der Waals surface area contributed by atoms with Gasteiger partial charge in [-0.3, -0.25) is 4.79 Å². The molecule has 1 aliphatic rings. The maximum Gasteiger partial charge on any atom is 0.339 e. The number of oxime groups is 1. The minimum Gasteiger partial charge on any atom is -0.507 e. The molecule has 1 amide bonds. The van der Waals surface area contributed by atoms with Crippen molar-refractivity contribution in [2.75, 3.05) is 12.4 Å². The molecule has 0 aliphatic carbocycles. The first-order valence-corrected chi connectivity index (χ1v) is 7.59. The number of benzene rings is 2. The van der Waals surface area contributed by atoms with Crippen molar-refractivity contribution in [2.24, 2.45) is 5.16 Å². The fourth-order valence-electron chi connectivity index (χ4n) is 2.49. The Bertz CT molecular complexity index is 847. The summed E-state index contributed by atoms with van der Waals surface area (Å²) < 4.78 is 4.70. The van der Waals surface area contributed by atoms with Crippen molar-refractivity contribution >= 4 is 23.3 Å². The summed E-state index contributed by atoms with van der Waals surface area (Å²) in [6.45, 7) is 0. The Balaban J connectivity index is 1.71. The quantitative estimate of drug-likeness (QED) is 0.833. The number of aromatic hydroxyl groups is 1. The van der Waals surface area contributed by atoms with Gasteiger partial charge in [-0.15, -0.1) is 0 Å². The minimum atomic E-state index is -0.847. The lowest BCUT2D eigenvalue weighted by molar-refractivity contribution is -0.125. The van der Waals surface area contributed by atoms with Crippen molar-refractivity contribution in [3.05, 3.63) is 59.7 Å². The van der Waals surface area contributed by atoms with Crippen LogP contribution < -0.4 is 5.32 Å². The maximum atomic E-state index is 12.4. The SMILES string of the molecule is COC(=O)c1ccccc1NC(=O)[C@@H]1CC(c2ccccc2O)=NO1. The monoisotopic (exact) mass is 340 g/mol. The second kappa shape index (κ2) is 7.04. The lowest BCUT2D eigenvalue weighted by Crippen LogP contribution is -2.28. The molecule has 0 aromatic heterocycles. The van der Waals surface area contributed by atoms with E-state index in [0.29, 0.717) is 17.0 Å². The zero-order chi connectivity index (χ0) is 17.8. The molecule has 1 aliphatic heterocycles. The largest absolute Gasteiger partial charge is 0.507 e. The van der Waals surface area contributed by atoms with E-state index in [1.807, 2.05) is 0 Å². The average Bonchev–Trinajstić information content (AvgIpc) is 3.12. The number of hydrogen-bond donors (Lipinski definition) is 2. The van der Waals surface area contributed by atoms with Crippen LogP contribution in [0.15, 0.2) is 53.7 Å². The number of hydrogen-bond acceptors (Lipinski definition) is 6. The van der Waals surface area contributed by atoms with Gasteiger partial charge in [-0.2, -0.15) is 0 Å². The standard InChI is InChI=1S/C18H16N2O5/c1-24-18(23)12-7-2-4-8-13(12)19-17(22)16-10-14(20-25-16)11-6-3-5-9-15(11)21/h2-9,16,21H,10H2,1H3,(H,19,22)/t16-/m0/s1. The van der Waals surface area contributed by atoms with Crippen LogP contribution in [0.5, 0.6) is 5.75 Å². The lowest BCUT2D eigenvalue weighted by atomic mass is 10.0. The van der Waals surface area contributed by atoms with Crippen molar-refractivity contribution in [1.82, 2.24) is 0 Å². The van der Waals surface area contributed by atoms with Gasteiger partial charge in [0, 0.05) is 12.0 Å². The van der Waals surface area contributed by atoms with Crippen LogP contribution in [0.25, 0.3) is 0 Å². The van der Waals surface area contributed by atoms with Crippen LogP contribution in [0.4, 0.5) is 5.69 Å². The van der Waals surface area contributed by atoms with Gasteiger partial charge in [0.25, 0.3) is 5.91 Å². The predicted octanol–water partition coefficient (Wildman–Crippen LogP) is 2.31. The van der Waals surface area contributed by atoms with Gasteiger partial charge >= 0.3 is 5.97 Å². The first-order chi connectivity index (χ1) is 12.1. The number of rotatable bonds is 4. The van der Waals surface area contributed by atoms with E-state index in [9.17, 15) is 14.7 Å². The van der Waals surface area contributed by atoms with Gasteiger partial charge < -0.3 is 20.0 Å². The summed E-state index contributed by atoms with van der Waals surface area (Å²) in [6.07, 6.45) is -0.635. The Hall–Kier alpha value is -3.35. The molecule has 25 heavy (non-hydrogen) atoms. The molecule has 7 heteroatoms. The summed E-state index contributed by atoms with van der Waals surface area (Å²) in [6, 6.07) is 13.2. The van der Waals surface area contributed by atoms with Crippen molar-refractivity contribution in [3.63, 3.8) is 0 Å². The Morgan fingerprint density at radius 2 is 1.92 bits per heavy atom. The molecular formula is C18H16N2O5. The van der Waals surface area contributed by atoms with Gasteiger partial charge in [-0.25, -0.2) is 4.79 Å². The molecule has 128 valence electrons. The van der Waals surface area contributed by atoms with Gasteiger partial charge in [0.15, 0.2) is 0 Å². The van der Waals surface area contributed by atoms with Crippen LogP contribution in [-0.4, -0.2) is 35.9 Å². The molecule has 0 saturated carbocycles. The predicted molar refractivity (Wildman–Crippen MR) is 90.5 cm³/mol. The highest BCUT2D eigenvalue weighted by Gasteiger charge is 2.30. The third-order valence-corrected chi connectivity index (χ3v) is 3.77. The smallest absolute Gasteiger partial charge is 0.339 e. The highest BCUT2D eigenvalue weighted by atomic mass is 16.6. The number of amides is 1. The second-order valence-corrected chi connectivity index (χ2v) is 5.38. The molecule has 0 unspecified atom stereocenters. The number of nitrogens with one attached hydrogen (secondary N) is 1. The number of anilines is 1. The molecule has 0 radical (unpaired) electrons. The van der Waals surface area contributed by atoms with Crippen LogP contribution >= 0.6 is 0 Å². The molecule has 1 heterocycles. The van der Waals surface area contributed by atoms with E-state index in [1.54, 1.807) is 42.5 Å². The van der Waals surface area contributed by atoms with Crippen LogP contribution in [0.2, 0.25) is 0 Å². The summed E-state index contributed by atoms with van der Waals surface area (Å²) >= 11 is 0. The molecule has 0 spiro atoms. The molecule has 1 atom stereocenters. The number of methoxy groups -OCH3 is 1. The summed E-state index contributed by atoms with van der Waals surface area (Å²) in [5.74, 6) is -0.915. The van der Waals surface area contributed by atoms with Crippen LogP contribution in [0.1, 0.15) is 22.3 Å². The number of ether oxygens (including phenoxy) is 1. The number of carbonyl (C=O) groups excluding carboxylic acids is 2. The molecule has 7 nitrogen and oxygen atoms in total. The topological polar surface area (TPSA) is 97.2 Å². The van der Waals surface area contributed by atoms with Gasteiger partial charge in [0.1, 0.15) is 5.75 Å². The number of carbonyl (C=O) groups is 2. The Kier molecular flexibility index (Phi) is 4.65. The molecule has 2 N–H and O–H groups in total. The molecule has 2 aromatic carbocycles. The van der Waals surface area contributed by atoms with Crippen molar-refractivity contribution < 1.29 is 24.3 Å². The molecule has 0 fully saturated rings. The zero-order valence-corrected chi connectivity index (χ0v) is 13.4. The summed E-state index contributed by atoms with van der Waals surface area (Å²) in [7, 11) is 1.27. The van der Waals surface area contributed by atoms with E-state index in [2.05, 4.69) is 10.5 Å². The number of para-hydroxylation sites is 2. The maximum absolute atomic E-state index is 12.4. The average molecular weight is 340 g/mol. The molecule has 0 bridgehead atoms. The number of nitrogens with zero attached hydrogens (tertiary/aromatic N) is 1. The van der Waals surface area contributed by atoms with E-state index in [1.165, 1.54) is 13.2 Å². The van der Waals surface area contributed by atoms with Crippen molar-refractivity contribution in [3.8, 4) is 5.75 Å². The summed E-state index contributed by atoms with van der Waals surface area (Å²) in [4.78, 5) is 29.4. The van der Waals surface area contributed by atoms with Gasteiger partial charge in [0.2, 0.25) is 6.10 Å². The Morgan fingerprint density at radius 3 is 2.68 bits per heavy atom. The molecule has 2 aromatic rings. The van der Waals surface area contributed by atoms with Gasteiger partial charge in [-0.1, -0.05) is 29.4 Å². The van der Waals surface area contributed by atoms with Crippen LogP contribution in [0, 0.1) is 0 Å². The number of phenols is 1. The third kappa shape index (κ3) is 3.45. The fraction of sp³-hybridized carbons (Fsp3) is 0.167. The first kappa shape index (κ1) is 16.5. The van der Waals surface area contributed by atoms with E-state index < -0.39 is 18.0 Å². The Morgan fingerprint density at radius 1 is 1.20 bits per heavy atom. The van der Waals surface area contributed by atoms with E-state index in [-0.39, 0.29) is 17.7 Å². The summed E-state index contributed by atoms with van der Waals surface area (Å²) in [5.41, 5.74) is 1.59. The second-order valence-electron chi connectivity index (χ2n) is 5.38. The Labute approximate surface area is 143 Å². The highest BCUT2D eigenvalue weighted by molar-refractivity contribution is 6.08. The lowest BCUT2D eigenvalue weighted by Gasteiger charge is -2.12. The number of phenolic OH excluding ortho intramolecular Hbond substituents is 1. The van der Waals surface area contributed by atoms with Crippen molar-refractivity contribution in [1.29, 1.82) is 0 Å². The van der Waals surface area contributed by atoms with Crippen molar-refractivity contribution in [2.45, 2.75) is 12.5 Å².